The Kier molecular flexibility index (Phi) is 5.64. The number of hydrogen-bond donors (Lipinski definition) is 1. The van der Waals surface area contributed by atoms with Crippen molar-refractivity contribution in [3.63, 3.8) is 0 Å². The van der Waals surface area contributed by atoms with Crippen LogP contribution in [-0.2, 0) is 19.8 Å². The average molecular weight is 446 g/mol. The number of carbonyl (C=O) groups excluding carboxylic acids is 1. The summed E-state index contributed by atoms with van der Waals surface area (Å²) >= 11 is 12.0. The first kappa shape index (κ1) is 21.2. The van der Waals surface area contributed by atoms with E-state index in [0.717, 1.165) is 12.6 Å². The second-order valence-electron chi connectivity index (χ2n) is 6.44. The highest BCUT2D eigenvalue weighted by atomic mass is 35.5. The van der Waals surface area contributed by atoms with Gasteiger partial charge in [-0.05, 0) is 31.5 Å². The van der Waals surface area contributed by atoms with E-state index >= 15 is 0 Å². The minimum absolute atomic E-state index is 0.337. The van der Waals surface area contributed by atoms with E-state index in [9.17, 15) is 18.0 Å². The van der Waals surface area contributed by atoms with Crippen LogP contribution in [0, 0.1) is 13.8 Å². The molecule has 0 aliphatic carbocycles. The lowest BCUT2D eigenvalue weighted by atomic mass is 10.2. The molecule has 11 heteroatoms. The standard InChI is InChI=1S/C18H16Cl2F3N5O/c1-9-16(24-17(29)14-7-15(18(21,22)23)27(3)26-14)10(2)28(25-9)8-11-4-5-12(19)13(20)6-11/h4-7H,8H2,1-3H3,(H,24,29). The summed E-state index contributed by atoms with van der Waals surface area (Å²) < 4.78 is 41.0. The first-order valence-electron chi connectivity index (χ1n) is 8.38. The van der Waals surface area contributed by atoms with Gasteiger partial charge in [-0.1, -0.05) is 29.3 Å². The summed E-state index contributed by atoms with van der Waals surface area (Å²) in [6.07, 6.45) is -4.60. The number of hydrogen-bond acceptors (Lipinski definition) is 3. The quantitative estimate of drug-likeness (QED) is 0.623. The van der Waals surface area contributed by atoms with Crippen molar-refractivity contribution >= 4 is 34.8 Å². The summed E-state index contributed by atoms with van der Waals surface area (Å²) in [6, 6.07) is 5.90. The lowest BCUT2D eigenvalue weighted by Gasteiger charge is -2.07. The van der Waals surface area contributed by atoms with Crippen molar-refractivity contribution in [2.75, 3.05) is 5.32 Å². The maximum atomic E-state index is 12.9. The van der Waals surface area contributed by atoms with Crippen molar-refractivity contribution < 1.29 is 18.0 Å². The molecular formula is C18H16Cl2F3N5O. The fourth-order valence-electron chi connectivity index (χ4n) is 2.86. The summed E-state index contributed by atoms with van der Waals surface area (Å²) in [6.45, 7) is 3.81. The molecule has 0 saturated carbocycles. The molecule has 0 aliphatic rings. The van der Waals surface area contributed by atoms with Crippen LogP contribution >= 0.6 is 23.2 Å². The summed E-state index contributed by atoms with van der Waals surface area (Å²) in [5, 5.41) is 11.5. The van der Waals surface area contributed by atoms with Gasteiger partial charge in [0.05, 0.1) is 33.7 Å². The van der Waals surface area contributed by atoms with Gasteiger partial charge in [-0.2, -0.15) is 23.4 Å². The van der Waals surface area contributed by atoms with Crippen molar-refractivity contribution in [1.82, 2.24) is 19.6 Å². The molecule has 0 spiro atoms. The predicted molar refractivity (Wildman–Crippen MR) is 103 cm³/mol. The molecule has 2 aromatic heterocycles. The topological polar surface area (TPSA) is 64.7 Å². The number of nitrogens with one attached hydrogen (secondary N) is 1. The van der Waals surface area contributed by atoms with Crippen molar-refractivity contribution in [3.8, 4) is 0 Å². The number of halogens is 5. The Balaban J connectivity index is 1.83. The van der Waals surface area contributed by atoms with E-state index in [2.05, 4.69) is 15.5 Å². The van der Waals surface area contributed by atoms with Crippen LogP contribution < -0.4 is 5.32 Å². The van der Waals surface area contributed by atoms with E-state index in [1.165, 1.54) is 0 Å². The monoisotopic (exact) mass is 445 g/mol. The Labute approximate surface area is 174 Å². The summed E-state index contributed by atoms with van der Waals surface area (Å²) in [7, 11) is 1.13. The van der Waals surface area contributed by atoms with Crippen molar-refractivity contribution in [2.45, 2.75) is 26.6 Å². The Morgan fingerprint density at radius 3 is 2.41 bits per heavy atom. The lowest BCUT2D eigenvalue weighted by molar-refractivity contribution is -0.143. The van der Waals surface area contributed by atoms with Crippen LogP contribution in [0.4, 0.5) is 18.9 Å². The SMILES string of the molecule is Cc1nn(Cc2ccc(Cl)c(Cl)c2)c(C)c1NC(=O)c1cc(C(F)(F)F)n(C)n1. The highest BCUT2D eigenvalue weighted by Crippen LogP contribution is 2.30. The molecule has 3 aromatic rings. The third kappa shape index (κ3) is 4.40. The molecule has 0 fully saturated rings. The Bertz CT molecular complexity index is 1090. The molecule has 0 bridgehead atoms. The van der Waals surface area contributed by atoms with E-state index in [1.54, 1.807) is 36.7 Å². The fourth-order valence-corrected chi connectivity index (χ4v) is 3.18. The zero-order valence-electron chi connectivity index (χ0n) is 15.6. The lowest BCUT2D eigenvalue weighted by Crippen LogP contribution is -2.14. The van der Waals surface area contributed by atoms with Crippen LogP contribution in [0.25, 0.3) is 0 Å². The predicted octanol–water partition coefficient (Wildman–Crippen LogP) is 4.86. The molecule has 6 nitrogen and oxygen atoms in total. The van der Waals surface area contributed by atoms with E-state index in [1.807, 2.05) is 0 Å². The maximum Gasteiger partial charge on any atom is 0.433 e. The van der Waals surface area contributed by atoms with Gasteiger partial charge < -0.3 is 5.32 Å². The van der Waals surface area contributed by atoms with Crippen LogP contribution in [-0.4, -0.2) is 25.5 Å². The molecule has 2 heterocycles. The number of aryl methyl sites for hydroxylation is 2. The zero-order valence-corrected chi connectivity index (χ0v) is 17.1. The van der Waals surface area contributed by atoms with Gasteiger partial charge in [-0.15, -0.1) is 0 Å². The highest BCUT2D eigenvalue weighted by Gasteiger charge is 2.35. The third-order valence-electron chi connectivity index (χ3n) is 4.34. The van der Waals surface area contributed by atoms with Gasteiger partial charge in [0, 0.05) is 13.1 Å². The maximum absolute atomic E-state index is 12.9. The van der Waals surface area contributed by atoms with Crippen molar-refractivity contribution in [2.24, 2.45) is 7.05 Å². The fraction of sp³-hybridized carbons (Fsp3) is 0.278. The van der Waals surface area contributed by atoms with Gasteiger partial charge >= 0.3 is 6.18 Å². The van der Waals surface area contributed by atoms with E-state index in [-0.39, 0.29) is 5.69 Å². The van der Waals surface area contributed by atoms with Gasteiger partial charge in [0.25, 0.3) is 5.91 Å². The number of aromatic nitrogens is 4. The number of nitrogens with zero attached hydrogens (tertiary/aromatic N) is 4. The van der Waals surface area contributed by atoms with Gasteiger partial charge in [-0.25, -0.2) is 0 Å². The smallest absolute Gasteiger partial charge is 0.317 e. The number of benzene rings is 1. The minimum atomic E-state index is -4.60. The Morgan fingerprint density at radius 1 is 1.14 bits per heavy atom. The normalized spacial score (nSPS) is 11.7. The summed E-state index contributed by atoms with van der Waals surface area (Å²) in [5.41, 5.74) is 1.07. The number of carbonyl (C=O) groups is 1. The Hall–Kier alpha value is -2.52. The molecule has 0 radical (unpaired) electrons. The molecule has 0 atom stereocenters. The largest absolute Gasteiger partial charge is 0.433 e. The molecule has 1 aromatic carbocycles. The molecule has 1 amide bonds. The molecule has 0 aliphatic heterocycles. The molecular weight excluding hydrogens is 430 g/mol. The number of anilines is 1. The van der Waals surface area contributed by atoms with E-state index in [4.69, 9.17) is 23.2 Å². The van der Waals surface area contributed by atoms with Crippen LogP contribution in [0.1, 0.15) is 33.1 Å². The summed E-state index contributed by atoms with van der Waals surface area (Å²) in [5.74, 6) is -0.753. The van der Waals surface area contributed by atoms with Crippen LogP contribution in [0.5, 0.6) is 0 Å². The Morgan fingerprint density at radius 2 is 1.83 bits per heavy atom. The highest BCUT2D eigenvalue weighted by molar-refractivity contribution is 6.42. The molecule has 154 valence electrons. The second kappa shape index (κ2) is 7.72. The third-order valence-corrected chi connectivity index (χ3v) is 5.08. The van der Waals surface area contributed by atoms with Crippen LogP contribution in [0.15, 0.2) is 24.3 Å². The molecule has 1 N–H and O–H groups in total. The van der Waals surface area contributed by atoms with Gasteiger partial charge in [0.15, 0.2) is 5.69 Å². The van der Waals surface area contributed by atoms with E-state index < -0.39 is 17.8 Å². The van der Waals surface area contributed by atoms with Crippen molar-refractivity contribution in [3.05, 3.63) is 62.6 Å². The van der Waals surface area contributed by atoms with Gasteiger partial charge in [-0.3, -0.25) is 14.2 Å². The molecule has 29 heavy (non-hydrogen) atoms. The molecule has 0 unspecified atom stereocenters. The average Bonchev–Trinajstić information content (AvgIpc) is 3.13. The summed E-state index contributed by atoms with van der Waals surface area (Å²) in [4.78, 5) is 12.4. The molecule has 0 saturated heterocycles. The van der Waals surface area contributed by atoms with Gasteiger partial charge in [0.2, 0.25) is 0 Å². The second-order valence-corrected chi connectivity index (χ2v) is 7.26. The van der Waals surface area contributed by atoms with E-state index in [0.29, 0.717) is 44.4 Å². The first-order valence-corrected chi connectivity index (χ1v) is 9.13. The first-order chi connectivity index (χ1) is 13.5. The minimum Gasteiger partial charge on any atom is -0.317 e. The zero-order chi connectivity index (χ0) is 21.5. The number of rotatable bonds is 4. The van der Waals surface area contributed by atoms with Crippen molar-refractivity contribution in [1.29, 1.82) is 0 Å². The van der Waals surface area contributed by atoms with Crippen LogP contribution in [0.2, 0.25) is 10.0 Å². The molecule has 3 rings (SSSR count). The van der Waals surface area contributed by atoms with Crippen LogP contribution in [0.3, 0.4) is 0 Å². The number of alkyl halides is 3. The number of amides is 1. The van der Waals surface area contributed by atoms with Gasteiger partial charge in [0.1, 0.15) is 5.69 Å².